The van der Waals surface area contributed by atoms with E-state index in [1.54, 1.807) is 0 Å². The maximum atomic E-state index is 7.17. The Balaban J connectivity index is 1.32. The number of fused-ring (bicyclic) bond motifs is 5. The fraction of sp³-hybridized carbons (Fsp3) is 0.818. The van der Waals surface area contributed by atoms with Crippen LogP contribution in [0.2, 0.25) is 18.1 Å². The molecule has 202 valence electrons. The van der Waals surface area contributed by atoms with Gasteiger partial charge in [-0.15, -0.1) is 0 Å². The highest BCUT2D eigenvalue weighted by atomic mass is 28.4. The minimum Gasteiger partial charge on any atom is -0.413 e. The smallest absolute Gasteiger partial charge is 0.192 e. The van der Waals surface area contributed by atoms with E-state index in [1.807, 2.05) is 7.11 Å². The lowest BCUT2D eigenvalue weighted by Crippen LogP contribution is -2.57. The molecule has 1 aromatic rings. The van der Waals surface area contributed by atoms with Crippen molar-refractivity contribution in [2.45, 2.75) is 129 Å². The fourth-order valence-corrected chi connectivity index (χ4v) is 10.8. The third-order valence-corrected chi connectivity index (χ3v) is 17.2. The molecule has 0 N–H and O–H groups in total. The summed E-state index contributed by atoms with van der Waals surface area (Å²) in [6.45, 7) is 17.4. The lowest BCUT2D eigenvalue weighted by Gasteiger charge is -2.62. The van der Waals surface area contributed by atoms with E-state index in [0.29, 0.717) is 22.0 Å². The monoisotopic (exact) mass is 510 g/mol. The highest BCUT2D eigenvalue weighted by molar-refractivity contribution is 6.74. The molecule has 4 aliphatic rings. The van der Waals surface area contributed by atoms with Crippen molar-refractivity contribution in [1.82, 2.24) is 0 Å². The Kier molecular flexibility index (Phi) is 6.91. The van der Waals surface area contributed by atoms with Crippen LogP contribution in [0, 0.1) is 34.5 Å². The first-order valence-corrected chi connectivity index (χ1v) is 18.0. The van der Waals surface area contributed by atoms with Crippen LogP contribution >= 0.6 is 0 Å². The molecule has 0 bridgehead atoms. The van der Waals surface area contributed by atoms with Crippen LogP contribution in [0.3, 0.4) is 0 Å². The summed E-state index contributed by atoms with van der Waals surface area (Å²) in [7, 11) is 0.230. The molecule has 0 spiro atoms. The predicted octanol–water partition coefficient (Wildman–Crippen LogP) is 9.05. The molecule has 2 nitrogen and oxygen atoms in total. The lowest BCUT2D eigenvalue weighted by atomic mass is 9.44. The second-order valence-electron chi connectivity index (χ2n) is 15.4. The summed E-state index contributed by atoms with van der Waals surface area (Å²) in [5.74, 6) is 3.47. The van der Waals surface area contributed by atoms with Gasteiger partial charge in [0.2, 0.25) is 0 Å². The third kappa shape index (κ3) is 4.37. The van der Waals surface area contributed by atoms with Crippen molar-refractivity contribution in [3.8, 4) is 0 Å². The summed E-state index contributed by atoms with van der Waals surface area (Å²) in [6.07, 6.45) is 13.7. The minimum absolute atomic E-state index is 0.0248. The molecule has 4 saturated carbocycles. The standard InChI is InChI=1S/C33H54O2Si/c1-30(2,3)36(7,8)35-29-17-16-27-26-15-14-25-23-33(34-6,22-24-12-10-9-11-13-24)21-20-31(25,4)28(26)18-19-32(27,29)5/h9-13,25-29H,14-23H2,1-8H3/t25?,26-,27-,28-,29-,31-,32-,33-/m0/s1. The molecule has 3 heteroatoms. The Labute approximate surface area is 223 Å². The van der Waals surface area contributed by atoms with E-state index in [0.717, 1.165) is 30.1 Å². The van der Waals surface area contributed by atoms with Crippen molar-refractivity contribution in [1.29, 1.82) is 0 Å². The van der Waals surface area contributed by atoms with E-state index in [9.17, 15) is 0 Å². The van der Waals surface area contributed by atoms with Crippen LogP contribution in [0.1, 0.15) is 98.0 Å². The Bertz CT molecular complexity index is 921. The van der Waals surface area contributed by atoms with Crippen molar-refractivity contribution in [2.24, 2.45) is 34.5 Å². The van der Waals surface area contributed by atoms with Gasteiger partial charge in [-0.3, -0.25) is 0 Å². The van der Waals surface area contributed by atoms with Gasteiger partial charge in [-0.25, -0.2) is 0 Å². The summed E-state index contributed by atoms with van der Waals surface area (Å²) < 4.78 is 13.5. The van der Waals surface area contributed by atoms with Gasteiger partial charge in [0.15, 0.2) is 8.32 Å². The molecule has 0 heterocycles. The van der Waals surface area contributed by atoms with Crippen molar-refractivity contribution < 1.29 is 9.16 Å². The third-order valence-electron chi connectivity index (χ3n) is 12.8. The van der Waals surface area contributed by atoms with Crippen molar-refractivity contribution in [3.63, 3.8) is 0 Å². The van der Waals surface area contributed by atoms with Gasteiger partial charge in [-0.2, -0.15) is 0 Å². The Hall–Kier alpha value is -0.643. The largest absolute Gasteiger partial charge is 0.413 e. The number of ether oxygens (including phenoxy) is 1. The van der Waals surface area contributed by atoms with Gasteiger partial charge in [0.1, 0.15) is 0 Å². The highest BCUT2D eigenvalue weighted by Crippen LogP contribution is 2.68. The molecule has 36 heavy (non-hydrogen) atoms. The Morgan fingerprint density at radius 2 is 1.56 bits per heavy atom. The van der Waals surface area contributed by atoms with Gasteiger partial charge in [0.05, 0.1) is 11.7 Å². The zero-order valence-electron chi connectivity index (χ0n) is 24.7. The SMILES string of the molecule is CO[C@]1(Cc2ccccc2)CC[C@@]2(C)C(CC[C@H]3[C@@H]4CC[C@H](O[Si](C)(C)C(C)(C)C)[C@@]4(C)CC[C@@H]32)C1. The molecule has 0 aromatic heterocycles. The number of hydrogen-bond donors (Lipinski definition) is 0. The van der Waals surface area contributed by atoms with Gasteiger partial charge < -0.3 is 9.16 Å². The maximum Gasteiger partial charge on any atom is 0.192 e. The molecule has 0 radical (unpaired) electrons. The first-order chi connectivity index (χ1) is 16.8. The van der Waals surface area contributed by atoms with Crippen LogP contribution in [0.4, 0.5) is 0 Å². The summed E-state index contributed by atoms with van der Waals surface area (Å²) in [5.41, 5.74) is 2.33. The summed E-state index contributed by atoms with van der Waals surface area (Å²) in [6, 6.07) is 11.1. The maximum absolute atomic E-state index is 7.17. The molecule has 4 fully saturated rings. The van der Waals surface area contributed by atoms with Crippen LogP contribution in [0.15, 0.2) is 30.3 Å². The van der Waals surface area contributed by atoms with E-state index >= 15 is 0 Å². The van der Waals surface area contributed by atoms with E-state index in [2.05, 4.69) is 78.0 Å². The average molecular weight is 511 g/mol. The molecule has 8 atom stereocenters. The van der Waals surface area contributed by atoms with Gasteiger partial charge in [0.25, 0.3) is 0 Å². The number of methoxy groups -OCH3 is 1. The van der Waals surface area contributed by atoms with Gasteiger partial charge >= 0.3 is 0 Å². The predicted molar refractivity (Wildman–Crippen MR) is 154 cm³/mol. The number of hydrogen-bond acceptors (Lipinski definition) is 2. The number of rotatable bonds is 5. The Morgan fingerprint density at radius 3 is 2.22 bits per heavy atom. The van der Waals surface area contributed by atoms with E-state index in [1.165, 1.54) is 63.4 Å². The average Bonchev–Trinajstić information content (AvgIpc) is 3.15. The van der Waals surface area contributed by atoms with Crippen LogP contribution in [0.5, 0.6) is 0 Å². The second-order valence-corrected chi connectivity index (χ2v) is 20.2. The normalized spacial score (nSPS) is 42.9. The van der Waals surface area contributed by atoms with Crippen LogP contribution < -0.4 is 0 Å². The highest BCUT2D eigenvalue weighted by Gasteiger charge is 2.62. The lowest BCUT2D eigenvalue weighted by molar-refractivity contribution is -0.161. The second kappa shape index (κ2) is 9.23. The first kappa shape index (κ1) is 26.9. The molecule has 0 aliphatic heterocycles. The summed E-state index contributed by atoms with van der Waals surface area (Å²) >= 11 is 0. The van der Waals surface area contributed by atoms with E-state index in [4.69, 9.17) is 9.16 Å². The molecular formula is C33H54O2Si. The molecule has 5 rings (SSSR count). The fourth-order valence-electron chi connectivity index (χ4n) is 9.37. The van der Waals surface area contributed by atoms with Gasteiger partial charge in [-0.05, 0) is 116 Å². The van der Waals surface area contributed by atoms with Gasteiger partial charge in [-0.1, -0.05) is 65.0 Å². The zero-order valence-corrected chi connectivity index (χ0v) is 25.7. The van der Waals surface area contributed by atoms with Crippen molar-refractivity contribution in [2.75, 3.05) is 7.11 Å². The zero-order chi connectivity index (χ0) is 26.0. The molecule has 1 unspecified atom stereocenters. The van der Waals surface area contributed by atoms with Crippen molar-refractivity contribution >= 4 is 8.32 Å². The van der Waals surface area contributed by atoms with Crippen molar-refractivity contribution in [3.05, 3.63) is 35.9 Å². The molecule has 0 amide bonds. The number of benzene rings is 1. The summed E-state index contributed by atoms with van der Waals surface area (Å²) in [4.78, 5) is 0. The van der Waals surface area contributed by atoms with E-state index in [-0.39, 0.29) is 5.60 Å². The first-order valence-electron chi connectivity index (χ1n) is 15.1. The van der Waals surface area contributed by atoms with Crippen LogP contribution in [0.25, 0.3) is 0 Å². The molecule has 1 aromatic carbocycles. The summed E-state index contributed by atoms with van der Waals surface area (Å²) in [5, 5.41) is 0.292. The molecule has 4 aliphatic carbocycles. The Morgan fingerprint density at radius 1 is 0.861 bits per heavy atom. The topological polar surface area (TPSA) is 18.5 Å². The molecule has 0 saturated heterocycles. The van der Waals surface area contributed by atoms with Gasteiger partial charge in [0, 0.05) is 13.5 Å². The van der Waals surface area contributed by atoms with Crippen LogP contribution in [-0.2, 0) is 15.6 Å². The quantitative estimate of drug-likeness (QED) is 0.368. The minimum atomic E-state index is -1.75. The molecular weight excluding hydrogens is 456 g/mol. The van der Waals surface area contributed by atoms with Crippen LogP contribution in [-0.4, -0.2) is 27.1 Å². The van der Waals surface area contributed by atoms with E-state index < -0.39 is 8.32 Å².